The van der Waals surface area contributed by atoms with Crippen LogP contribution in [0.4, 0.5) is 10.2 Å². The van der Waals surface area contributed by atoms with E-state index in [0.29, 0.717) is 17.8 Å². The van der Waals surface area contributed by atoms with Gasteiger partial charge in [-0.25, -0.2) is 4.98 Å². The summed E-state index contributed by atoms with van der Waals surface area (Å²) < 4.78 is 26.2. The van der Waals surface area contributed by atoms with Gasteiger partial charge in [-0.1, -0.05) is 36.4 Å². The first-order chi connectivity index (χ1) is 11.3. The third kappa shape index (κ3) is 3.30. The number of nitrogens with one attached hydrogen (secondary N) is 1. The van der Waals surface area contributed by atoms with E-state index in [1.54, 1.807) is 12.1 Å². The molecular weight excluding hydrogens is 306 g/mol. The first-order valence-electron chi connectivity index (χ1n) is 8.08. The monoisotopic (exact) mass is 328 g/mol. The Labute approximate surface area is 142 Å². The van der Waals surface area contributed by atoms with E-state index >= 15 is 0 Å². The van der Waals surface area contributed by atoms with Crippen LogP contribution in [0.25, 0.3) is 0 Å². The van der Waals surface area contributed by atoms with Crippen LogP contribution in [0.5, 0.6) is 0 Å². The molecule has 1 saturated heterocycles. The second kappa shape index (κ2) is 6.18. The number of rotatable bonds is 4. The molecule has 1 aliphatic rings. The van der Waals surface area contributed by atoms with E-state index < -0.39 is 24.3 Å². The zero-order valence-electron chi connectivity index (χ0n) is 14.5. The van der Waals surface area contributed by atoms with Gasteiger partial charge in [0.1, 0.15) is 5.82 Å². The van der Waals surface area contributed by atoms with Gasteiger partial charge in [0.05, 0.1) is 11.2 Å². The van der Waals surface area contributed by atoms with Crippen molar-refractivity contribution in [2.24, 2.45) is 0 Å². The normalized spacial score (nSPS) is 18.6. The summed E-state index contributed by atoms with van der Waals surface area (Å²) in [5.41, 5.74) is 0.413. The van der Waals surface area contributed by atoms with Gasteiger partial charge in [0.2, 0.25) is 5.95 Å². The summed E-state index contributed by atoms with van der Waals surface area (Å²) in [4.78, 5) is 3.99. The maximum Gasteiger partial charge on any atom is 0.499 e. The molecule has 0 aliphatic carbocycles. The number of nitrogens with zero attached hydrogens (tertiary/aromatic N) is 1. The van der Waals surface area contributed by atoms with Crippen LogP contribution < -0.4 is 10.8 Å². The number of aromatic nitrogens is 1. The molecule has 24 heavy (non-hydrogen) atoms. The molecule has 0 bridgehead atoms. The number of anilines is 1. The van der Waals surface area contributed by atoms with Crippen LogP contribution in [0.3, 0.4) is 0 Å². The fourth-order valence-electron chi connectivity index (χ4n) is 2.48. The number of benzene rings is 1. The summed E-state index contributed by atoms with van der Waals surface area (Å²) in [6, 6.07) is 13.3. The standard InChI is InChI=1S/C18H22BFN2O2/c1-17(2)18(3,4)24-19(23-17)14-10-11-15(22-16(14)20)21-12-13-8-6-5-7-9-13/h5-11H,12H2,1-4H3,(H,21,22). The van der Waals surface area contributed by atoms with E-state index in [1.807, 2.05) is 58.0 Å². The molecule has 0 saturated carbocycles. The minimum Gasteiger partial charge on any atom is -0.399 e. The van der Waals surface area contributed by atoms with Crippen LogP contribution >= 0.6 is 0 Å². The lowest BCUT2D eigenvalue weighted by Crippen LogP contribution is -2.41. The van der Waals surface area contributed by atoms with Crippen molar-refractivity contribution < 1.29 is 13.7 Å². The lowest BCUT2D eigenvalue weighted by Gasteiger charge is -2.32. The third-order valence-corrected chi connectivity index (χ3v) is 4.70. The molecule has 0 unspecified atom stereocenters. The lowest BCUT2D eigenvalue weighted by molar-refractivity contribution is 0.00578. The van der Waals surface area contributed by atoms with E-state index in [0.717, 1.165) is 5.56 Å². The van der Waals surface area contributed by atoms with Crippen molar-refractivity contribution in [3.63, 3.8) is 0 Å². The van der Waals surface area contributed by atoms with Crippen molar-refractivity contribution >= 4 is 18.4 Å². The minimum absolute atomic E-state index is 0.318. The van der Waals surface area contributed by atoms with Crippen LogP contribution in [0, 0.1) is 5.95 Å². The predicted octanol–water partition coefficient (Wildman–Crippen LogP) is 3.13. The van der Waals surface area contributed by atoms with E-state index in [4.69, 9.17) is 9.31 Å². The Morgan fingerprint density at radius 1 is 1.00 bits per heavy atom. The Bertz CT molecular complexity index is 706. The minimum atomic E-state index is -0.745. The van der Waals surface area contributed by atoms with Crippen molar-refractivity contribution in [1.29, 1.82) is 0 Å². The second-order valence-electron chi connectivity index (χ2n) is 7.00. The summed E-state index contributed by atoms with van der Waals surface area (Å²) in [7, 11) is -0.745. The van der Waals surface area contributed by atoms with E-state index in [1.165, 1.54) is 0 Å². The van der Waals surface area contributed by atoms with Gasteiger partial charge in [-0.15, -0.1) is 0 Å². The Hall–Kier alpha value is -1.92. The van der Waals surface area contributed by atoms with Crippen molar-refractivity contribution in [3.05, 3.63) is 54.0 Å². The van der Waals surface area contributed by atoms with E-state index in [2.05, 4.69) is 10.3 Å². The van der Waals surface area contributed by atoms with Crippen LogP contribution in [0.2, 0.25) is 0 Å². The zero-order valence-corrected chi connectivity index (χ0v) is 14.5. The molecule has 1 aliphatic heterocycles. The highest BCUT2D eigenvalue weighted by atomic mass is 19.1. The summed E-state index contributed by atoms with van der Waals surface area (Å²) >= 11 is 0. The molecular formula is C18H22BFN2O2. The molecule has 0 spiro atoms. The van der Waals surface area contributed by atoms with Gasteiger partial charge < -0.3 is 14.6 Å². The fourth-order valence-corrected chi connectivity index (χ4v) is 2.48. The summed E-state index contributed by atoms with van der Waals surface area (Å²) in [5, 5.41) is 3.12. The van der Waals surface area contributed by atoms with Crippen LogP contribution in [0.15, 0.2) is 42.5 Å². The average Bonchev–Trinajstić information content (AvgIpc) is 2.74. The van der Waals surface area contributed by atoms with Crippen molar-refractivity contribution in [2.45, 2.75) is 45.4 Å². The topological polar surface area (TPSA) is 43.4 Å². The van der Waals surface area contributed by atoms with Gasteiger partial charge in [-0.3, -0.25) is 0 Å². The molecule has 1 fully saturated rings. The number of halogens is 1. The van der Waals surface area contributed by atoms with Gasteiger partial charge in [0.25, 0.3) is 0 Å². The Morgan fingerprint density at radius 2 is 1.62 bits per heavy atom. The van der Waals surface area contributed by atoms with Gasteiger partial charge in [-0.05, 0) is 39.3 Å². The second-order valence-corrected chi connectivity index (χ2v) is 7.00. The average molecular weight is 328 g/mol. The molecule has 1 N–H and O–H groups in total. The van der Waals surface area contributed by atoms with Gasteiger partial charge in [-0.2, -0.15) is 4.39 Å². The number of hydrogen-bond acceptors (Lipinski definition) is 4. The van der Waals surface area contributed by atoms with E-state index in [9.17, 15) is 4.39 Å². The van der Waals surface area contributed by atoms with Crippen LogP contribution in [-0.4, -0.2) is 23.3 Å². The highest BCUT2D eigenvalue weighted by Gasteiger charge is 2.52. The highest BCUT2D eigenvalue weighted by Crippen LogP contribution is 2.36. The molecule has 2 aromatic rings. The molecule has 4 nitrogen and oxygen atoms in total. The van der Waals surface area contributed by atoms with Gasteiger partial charge in [0, 0.05) is 12.0 Å². The molecule has 1 aromatic heterocycles. The lowest BCUT2D eigenvalue weighted by atomic mass is 9.80. The van der Waals surface area contributed by atoms with Gasteiger partial charge >= 0.3 is 7.12 Å². The predicted molar refractivity (Wildman–Crippen MR) is 93.7 cm³/mol. The molecule has 6 heteroatoms. The molecule has 1 aromatic carbocycles. The SMILES string of the molecule is CC1(C)OB(c2ccc(NCc3ccccc3)nc2F)OC1(C)C. The fraction of sp³-hybridized carbons (Fsp3) is 0.389. The zero-order chi connectivity index (χ0) is 17.4. The van der Waals surface area contributed by atoms with Crippen molar-refractivity contribution in [2.75, 3.05) is 5.32 Å². The molecule has 0 atom stereocenters. The van der Waals surface area contributed by atoms with Crippen molar-refractivity contribution in [1.82, 2.24) is 4.98 Å². The largest absolute Gasteiger partial charge is 0.499 e. The summed E-state index contributed by atoms with van der Waals surface area (Å²) in [6.45, 7) is 8.34. The van der Waals surface area contributed by atoms with Crippen LogP contribution in [0.1, 0.15) is 33.3 Å². The van der Waals surface area contributed by atoms with Gasteiger partial charge in [0.15, 0.2) is 0 Å². The molecule has 3 rings (SSSR count). The first kappa shape index (κ1) is 16.9. The van der Waals surface area contributed by atoms with Crippen molar-refractivity contribution in [3.8, 4) is 0 Å². The highest BCUT2D eigenvalue weighted by molar-refractivity contribution is 6.62. The maximum absolute atomic E-state index is 14.4. The quantitative estimate of drug-likeness (QED) is 0.692. The Kier molecular flexibility index (Phi) is 4.36. The Balaban J connectivity index is 1.72. The Morgan fingerprint density at radius 3 is 2.21 bits per heavy atom. The third-order valence-electron chi connectivity index (χ3n) is 4.70. The molecule has 0 amide bonds. The molecule has 0 radical (unpaired) electrons. The molecule has 126 valence electrons. The summed E-state index contributed by atoms with van der Waals surface area (Å²) in [6.07, 6.45) is 0. The number of hydrogen-bond donors (Lipinski definition) is 1. The molecule has 2 heterocycles. The smallest absolute Gasteiger partial charge is 0.399 e. The van der Waals surface area contributed by atoms with E-state index in [-0.39, 0.29) is 0 Å². The maximum atomic E-state index is 14.4. The summed E-state index contributed by atoms with van der Waals surface area (Å²) in [5.74, 6) is -0.0943. The number of pyridine rings is 1. The van der Waals surface area contributed by atoms with Crippen LogP contribution in [-0.2, 0) is 15.9 Å². The first-order valence-corrected chi connectivity index (χ1v) is 8.08.